The van der Waals surface area contributed by atoms with Gasteiger partial charge in [0.25, 0.3) is 0 Å². The zero-order valence-electron chi connectivity index (χ0n) is 12.4. The van der Waals surface area contributed by atoms with Crippen molar-refractivity contribution in [3.63, 3.8) is 0 Å². The molecule has 0 aliphatic rings. The summed E-state index contributed by atoms with van der Waals surface area (Å²) in [5, 5.41) is 5.97. The normalized spacial score (nSPS) is 11.9. The van der Waals surface area contributed by atoms with Crippen LogP contribution in [0.5, 0.6) is 5.75 Å². The molecule has 5 heteroatoms. The van der Waals surface area contributed by atoms with Crippen LogP contribution >= 0.6 is 0 Å². The Kier molecular flexibility index (Phi) is 7.69. The van der Waals surface area contributed by atoms with Gasteiger partial charge in [-0.15, -0.1) is 0 Å². The van der Waals surface area contributed by atoms with Crippen molar-refractivity contribution in [1.82, 2.24) is 10.6 Å². The van der Waals surface area contributed by atoms with Gasteiger partial charge in [0.05, 0.1) is 20.3 Å². The SMILES string of the molecule is COCCNCC(=O)NC(C)Cc1ccccc1OC. The maximum atomic E-state index is 11.7. The highest BCUT2D eigenvalue weighted by atomic mass is 16.5. The van der Waals surface area contributed by atoms with Crippen LogP contribution in [0.4, 0.5) is 0 Å². The van der Waals surface area contributed by atoms with Crippen molar-refractivity contribution >= 4 is 5.91 Å². The molecule has 2 N–H and O–H groups in total. The highest BCUT2D eigenvalue weighted by Gasteiger charge is 2.10. The Labute approximate surface area is 120 Å². The Morgan fingerprint density at radius 1 is 1.30 bits per heavy atom. The Morgan fingerprint density at radius 3 is 2.75 bits per heavy atom. The Hall–Kier alpha value is -1.59. The highest BCUT2D eigenvalue weighted by Crippen LogP contribution is 2.18. The molecule has 0 saturated heterocycles. The van der Waals surface area contributed by atoms with Crippen LogP contribution < -0.4 is 15.4 Å². The second-order valence-electron chi connectivity index (χ2n) is 4.65. The minimum atomic E-state index is -0.0106. The number of carbonyl (C=O) groups is 1. The van der Waals surface area contributed by atoms with Gasteiger partial charge >= 0.3 is 0 Å². The van der Waals surface area contributed by atoms with Gasteiger partial charge in [-0.1, -0.05) is 18.2 Å². The van der Waals surface area contributed by atoms with Gasteiger partial charge < -0.3 is 20.1 Å². The second-order valence-corrected chi connectivity index (χ2v) is 4.65. The molecule has 0 aromatic heterocycles. The van der Waals surface area contributed by atoms with Crippen molar-refractivity contribution in [3.8, 4) is 5.75 Å². The van der Waals surface area contributed by atoms with E-state index in [-0.39, 0.29) is 11.9 Å². The van der Waals surface area contributed by atoms with E-state index in [2.05, 4.69) is 10.6 Å². The van der Waals surface area contributed by atoms with Crippen LogP contribution in [0.1, 0.15) is 12.5 Å². The summed E-state index contributed by atoms with van der Waals surface area (Å²) < 4.78 is 10.2. The lowest BCUT2D eigenvalue weighted by Gasteiger charge is -2.16. The molecule has 0 saturated carbocycles. The molecular formula is C15H24N2O3. The predicted octanol–water partition coefficient (Wildman–Crippen LogP) is 0.978. The average Bonchev–Trinajstić information content (AvgIpc) is 2.44. The molecule has 1 amide bonds. The predicted molar refractivity (Wildman–Crippen MR) is 79.0 cm³/mol. The van der Waals surface area contributed by atoms with E-state index in [1.165, 1.54) is 0 Å². The molecule has 112 valence electrons. The van der Waals surface area contributed by atoms with Gasteiger partial charge in [0.15, 0.2) is 0 Å². The molecule has 20 heavy (non-hydrogen) atoms. The van der Waals surface area contributed by atoms with Crippen molar-refractivity contribution in [3.05, 3.63) is 29.8 Å². The van der Waals surface area contributed by atoms with E-state index in [4.69, 9.17) is 9.47 Å². The summed E-state index contributed by atoms with van der Waals surface area (Å²) >= 11 is 0. The van der Waals surface area contributed by atoms with E-state index in [9.17, 15) is 4.79 Å². The average molecular weight is 280 g/mol. The number of rotatable bonds is 9. The van der Waals surface area contributed by atoms with Gasteiger partial charge in [0, 0.05) is 19.7 Å². The maximum absolute atomic E-state index is 11.7. The smallest absolute Gasteiger partial charge is 0.234 e. The molecule has 0 aliphatic heterocycles. The third-order valence-electron chi connectivity index (χ3n) is 2.89. The highest BCUT2D eigenvalue weighted by molar-refractivity contribution is 5.78. The van der Waals surface area contributed by atoms with Crippen LogP contribution in [0.15, 0.2) is 24.3 Å². The lowest BCUT2D eigenvalue weighted by molar-refractivity contribution is -0.120. The zero-order chi connectivity index (χ0) is 14.8. The molecule has 0 fully saturated rings. The van der Waals surface area contributed by atoms with Crippen molar-refractivity contribution in [2.75, 3.05) is 33.9 Å². The lowest BCUT2D eigenvalue weighted by Crippen LogP contribution is -2.40. The molecule has 1 aromatic carbocycles. The van der Waals surface area contributed by atoms with E-state index < -0.39 is 0 Å². The third kappa shape index (κ3) is 6.04. The van der Waals surface area contributed by atoms with E-state index in [1.54, 1.807) is 14.2 Å². The molecule has 0 bridgehead atoms. The summed E-state index contributed by atoms with van der Waals surface area (Å²) in [7, 11) is 3.29. The standard InChI is InChI=1S/C15H24N2O3/c1-12(17-15(18)11-16-8-9-19-2)10-13-6-4-5-7-14(13)20-3/h4-7,12,16H,8-11H2,1-3H3,(H,17,18). The topological polar surface area (TPSA) is 59.6 Å². The van der Waals surface area contributed by atoms with Crippen molar-refractivity contribution in [2.24, 2.45) is 0 Å². The van der Waals surface area contributed by atoms with Crippen LogP contribution in [-0.4, -0.2) is 45.9 Å². The minimum Gasteiger partial charge on any atom is -0.496 e. The molecule has 1 unspecified atom stereocenters. The lowest BCUT2D eigenvalue weighted by atomic mass is 10.1. The van der Waals surface area contributed by atoms with Crippen LogP contribution in [-0.2, 0) is 16.0 Å². The van der Waals surface area contributed by atoms with Crippen LogP contribution in [0, 0.1) is 0 Å². The first-order valence-electron chi connectivity index (χ1n) is 6.78. The van der Waals surface area contributed by atoms with Crippen molar-refractivity contribution < 1.29 is 14.3 Å². The van der Waals surface area contributed by atoms with Crippen molar-refractivity contribution in [1.29, 1.82) is 0 Å². The fourth-order valence-corrected chi connectivity index (χ4v) is 1.95. The molecule has 1 rings (SSSR count). The molecule has 0 heterocycles. The number of para-hydroxylation sites is 1. The van der Waals surface area contributed by atoms with E-state index in [0.717, 1.165) is 17.7 Å². The molecule has 1 aromatic rings. The monoisotopic (exact) mass is 280 g/mol. The van der Waals surface area contributed by atoms with Crippen LogP contribution in [0.2, 0.25) is 0 Å². The Morgan fingerprint density at radius 2 is 2.05 bits per heavy atom. The molecule has 5 nitrogen and oxygen atoms in total. The summed E-state index contributed by atoms with van der Waals surface area (Å²) in [6, 6.07) is 7.90. The first kappa shape index (κ1) is 16.5. The minimum absolute atomic E-state index is 0.0106. The number of carbonyl (C=O) groups excluding carboxylic acids is 1. The van der Waals surface area contributed by atoms with Gasteiger partial charge in [-0.25, -0.2) is 0 Å². The number of ether oxygens (including phenoxy) is 2. The van der Waals surface area contributed by atoms with Gasteiger partial charge in [0.1, 0.15) is 5.75 Å². The summed E-state index contributed by atoms with van der Waals surface area (Å²) in [5.41, 5.74) is 1.09. The van der Waals surface area contributed by atoms with E-state index in [0.29, 0.717) is 19.7 Å². The molecule has 0 spiro atoms. The summed E-state index contributed by atoms with van der Waals surface area (Å²) in [5.74, 6) is 0.843. The molecule has 1 atom stereocenters. The molecule has 0 radical (unpaired) electrons. The summed E-state index contributed by atoms with van der Waals surface area (Å²) in [6.45, 7) is 3.56. The number of methoxy groups -OCH3 is 2. The number of hydrogen-bond acceptors (Lipinski definition) is 4. The van der Waals surface area contributed by atoms with Gasteiger partial charge in [-0.05, 0) is 25.0 Å². The van der Waals surface area contributed by atoms with Gasteiger partial charge in [0.2, 0.25) is 5.91 Å². The maximum Gasteiger partial charge on any atom is 0.234 e. The van der Waals surface area contributed by atoms with Crippen molar-refractivity contribution in [2.45, 2.75) is 19.4 Å². The number of nitrogens with one attached hydrogen (secondary N) is 2. The van der Waals surface area contributed by atoms with E-state index in [1.807, 2.05) is 31.2 Å². The van der Waals surface area contributed by atoms with Gasteiger partial charge in [-0.2, -0.15) is 0 Å². The largest absolute Gasteiger partial charge is 0.496 e. The summed E-state index contributed by atoms with van der Waals surface area (Å²) in [4.78, 5) is 11.7. The molecule has 0 aliphatic carbocycles. The number of hydrogen-bond donors (Lipinski definition) is 2. The Bertz CT molecular complexity index is 410. The second kappa shape index (κ2) is 9.34. The first-order chi connectivity index (χ1) is 9.67. The van der Waals surface area contributed by atoms with E-state index >= 15 is 0 Å². The quantitative estimate of drug-likeness (QED) is 0.662. The molecular weight excluding hydrogens is 256 g/mol. The number of benzene rings is 1. The van der Waals surface area contributed by atoms with Gasteiger partial charge in [-0.3, -0.25) is 4.79 Å². The fourth-order valence-electron chi connectivity index (χ4n) is 1.95. The zero-order valence-corrected chi connectivity index (χ0v) is 12.4. The first-order valence-corrected chi connectivity index (χ1v) is 6.78. The number of amides is 1. The van der Waals surface area contributed by atoms with Crippen LogP contribution in [0.25, 0.3) is 0 Å². The van der Waals surface area contributed by atoms with Crippen LogP contribution in [0.3, 0.4) is 0 Å². The fraction of sp³-hybridized carbons (Fsp3) is 0.533. The Balaban J connectivity index is 2.35. The summed E-state index contributed by atoms with van der Waals surface area (Å²) in [6.07, 6.45) is 0.744. The third-order valence-corrected chi connectivity index (χ3v) is 2.89.